The van der Waals surface area contributed by atoms with Gasteiger partial charge in [0, 0.05) is 24.7 Å². The van der Waals surface area contributed by atoms with Gasteiger partial charge in [-0.25, -0.2) is 0 Å². The Morgan fingerprint density at radius 2 is 2.00 bits per heavy atom. The monoisotopic (exact) mass is 212 g/mol. The molecule has 0 bridgehead atoms. The Labute approximate surface area is 95.2 Å². The maximum Gasteiger partial charge on any atom is 0.00962 e. The van der Waals surface area contributed by atoms with Crippen molar-refractivity contribution in [2.45, 2.75) is 72.0 Å². The van der Waals surface area contributed by atoms with E-state index in [4.69, 9.17) is 5.73 Å². The maximum absolute atomic E-state index is 6.05. The van der Waals surface area contributed by atoms with Crippen molar-refractivity contribution in [1.82, 2.24) is 4.90 Å². The van der Waals surface area contributed by atoms with E-state index in [1.165, 1.54) is 19.3 Å². The van der Waals surface area contributed by atoms with Crippen molar-refractivity contribution in [1.29, 1.82) is 0 Å². The van der Waals surface area contributed by atoms with E-state index in [-0.39, 0.29) is 11.5 Å². The molecule has 1 saturated heterocycles. The average molecular weight is 212 g/mol. The van der Waals surface area contributed by atoms with Crippen LogP contribution in [0.4, 0.5) is 0 Å². The summed E-state index contributed by atoms with van der Waals surface area (Å²) >= 11 is 0. The third-order valence-corrected chi connectivity index (χ3v) is 4.25. The second kappa shape index (κ2) is 4.84. The van der Waals surface area contributed by atoms with E-state index < -0.39 is 0 Å². The molecule has 0 aromatic carbocycles. The van der Waals surface area contributed by atoms with Crippen LogP contribution in [0, 0.1) is 5.41 Å². The third-order valence-electron chi connectivity index (χ3n) is 4.25. The first kappa shape index (κ1) is 13.0. The molecule has 0 radical (unpaired) electrons. The molecule has 15 heavy (non-hydrogen) atoms. The van der Waals surface area contributed by atoms with Gasteiger partial charge in [-0.15, -0.1) is 0 Å². The molecule has 2 heteroatoms. The van der Waals surface area contributed by atoms with Crippen LogP contribution in [0.1, 0.15) is 53.9 Å². The van der Waals surface area contributed by atoms with Crippen LogP contribution in [0.3, 0.4) is 0 Å². The fraction of sp³-hybridized carbons (Fsp3) is 1.00. The summed E-state index contributed by atoms with van der Waals surface area (Å²) in [5.41, 5.74) is 6.28. The quantitative estimate of drug-likeness (QED) is 0.776. The second-order valence-electron chi connectivity index (χ2n) is 5.94. The fourth-order valence-electron chi connectivity index (χ4n) is 2.46. The van der Waals surface area contributed by atoms with E-state index in [1.54, 1.807) is 0 Å². The van der Waals surface area contributed by atoms with Crippen molar-refractivity contribution < 1.29 is 0 Å². The summed E-state index contributed by atoms with van der Waals surface area (Å²) in [4.78, 5) is 2.67. The van der Waals surface area contributed by atoms with Crippen LogP contribution in [-0.4, -0.2) is 29.6 Å². The lowest BCUT2D eigenvalue weighted by atomic mass is 9.85. The van der Waals surface area contributed by atoms with Gasteiger partial charge in [0.1, 0.15) is 0 Å². The lowest BCUT2D eigenvalue weighted by Crippen LogP contribution is -2.47. The van der Waals surface area contributed by atoms with Crippen molar-refractivity contribution in [3.63, 3.8) is 0 Å². The first-order valence-corrected chi connectivity index (χ1v) is 6.39. The Kier molecular flexibility index (Phi) is 4.19. The molecule has 0 aromatic rings. The van der Waals surface area contributed by atoms with Gasteiger partial charge >= 0.3 is 0 Å². The molecular weight excluding hydrogens is 184 g/mol. The van der Waals surface area contributed by atoms with Crippen LogP contribution in [0.25, 0.3) is 0 Å². The van der Waals surface area contributed by atoms with Crippen molar-refractivity contribution in [3.8, 4) is 0 Å². The van der Waals surface area contributed by atoms with Crippen molar-refractivity contribution in [2.75, 3.05) is 6.54 Å². The molecule has 90 valence electrons. The van der Waals surface area contributed by atoms with Gasteiger partial charge in [-0.2, -0.15) is 0 Å². The van der Waals surface area contributed by atoms with Gasteiger partial charge in [0.05, 0.1) is 0 Å². The Morgan fingerprint density at radius 1 is 1.40 bits per heavy atom. The lowest BCUT2D eigenvalue weighted by molar-refractivity contribution is 0.114. The number of rotatable bonds is 4. The van der Waals surface area contributed by atoms with Crippen LogP contribution in [0.15, 0.2) is 0 Å². The van der Waals surface area contributed by atoms with Crippen LogP contribution >= 0.6 is 0 Å². The molecule has 0 aliphatic carbocycles. The predicted molar refractivity (Wildman–Crippen MR) is 66.9 cm³/mol. The number of likely N-dealkylation sites (tertiary alicyclic amines) is 1. The van der Waals surface area contributed by atoms with Crippen LogP contribution in [0.5, 0.6) is 0 Å². The van der Waals surface area contributed by atoms with E-state index in [0.717, 1.165) is 18.6 Å². The first-order valence-electron chi connectivity index (χ1n) is 6.39. The molecule has 2 nitrogen and oxygen atoms in total. The van der Waals surface area contributed by atoms with Crippen LogP contribution < -0.4 is 5.73 Å². The highest BCUT2D eigenvalue weighted by Gasteiger charge is 2.34. The first-order chi connectivity index (χ1) is 6.88. The zero-order valence-electron chi connectivity index (χ0n) is 11.1. The lowest BCUT2D eigenvalue weighted by Gasteiger charge is -2.38. The van der Waals surface area contributed by atoms with Gasteiger partial charge < -0.3 is 5.73 Å². The maximum atomic E-state index is 6.05. The molecular formula is C13H28N2. The largest absolute Gasteiger partial charge is 0.327 e. The molecule has 1 heterocycles. The van der Waals surface area contributed by atoms with E-state index in [0.29, 0.717) is 0 Å². The Bertz CT molecular complexity index is 199. The van der Waals surface area contributed by atoms with E-state index in [1.807, 2.05) is 0 Å². The molecule has 3 unspecified atom stereocenters. The summed E-state index contributed by atoms with van der Waals surface area (Å²) in [5.74, 6) is 0. The minimum Gasteiger partial charge on any atom is -0.327 e. The van der Waals surface area contributed by atoms with Crippen molar-refractivity contribution in [2.24, 2.45) is 11.1 Å². The second-order valence-corrected chi connectivity index (χ2v) is 5.94. The van der Waals surface area contributed by atoms with E-state index >= 15 is 0 Å². The summed E-state index contributed by atoms with van der Waals surface area (Å²) in [7, 11) is 0. The molecule has 1 rings (SSSR count). The summed E-state index contributed by atoms with van der Waals surface area (Å²) in [6, 6.07) is 1.80. The van der Waals surface area contributed by atoms with Crippen LogP contribution in [-0.2, 0) is 0 Å². The number of hydrogen-bond donors (Lipinski definition) is 1. The highest BCUT2D eigenvalue weighted by Crippen LogP contribution is 2.31. The van der Waals surface area contributed by atoms with Gasteiger partial charge in [0.2, 0.25) is 0 Å². The Morgan fingerprint density at radius 3 is 2.47 bits per heavy atom. The topological polar surface area (TPSA) is 29.3 Å². The molecule has 3 atom stereocenters. The Balaban J connectivity index is 2.62. The number of nitrogens with two attached hydrogens (primary N) is 1. The summed E-state index contributed by atoms with van der Waals surface area (Å²) in [5, 5.41) is 0. The van der Waals surface area contributed by atoms with E-state index in [2.05, 4.69) is 39.5 Å². The van der Waals surface area contributed by atoms with Gasteiger partial charge in [0.25, 0.3) is 0 Å². The van der Waals surface area contributed by atoms with Crippen molar-refractivity contribution >= 4 is 0 Å². The molecule has 0 aromatic heterocycles. The van der Waals surface area contributed by atoms with Gasteiger partial charge in [-0.3, -0.25) is 4.90 Å². The summed E-state index contributed by atoms with van der Waals surface area (Å²) in [6.45, 7) is 12.5. The van der Waals surface area contributed by atoms with Gasteiger partial charge in [0.15, 0.2) is 0 Å². The van der Waals surface area contributed by atoms with E-state index in [9.17, 15) is 0 Å². The van der Waals surface area contributed by atoms with Gasteiger partial charge in [-0.1, -0.05) is 20.8 Å². The molecule has 0 amide bonds. The Hall–Kier alpha value is -0.0800. The zero-order chi connectivity index (χ0) is 11.6. The minimum absolute atomic E-state index is 0.228. The summed E-state index contributed by atoms with van der Waals surface area (Å²) in [6.07, 6.45) is 4.00. The minimum atomic E-state index is 0.228. The molecule has 0 spiro atoms. The number of hydrogen-bond acceptors (Lipinski definition) is 2. The highest BCUT2D eigenvalue weighted by molar-refractivity contribution is 4.90. The normalized spacial score (nSPS) is 30.8. The standard InChI is InChI=1S/C13H28N2/c1-6-12-8-7-10(2)15(12)9-13(4,5)11(3)14/h10-12H,6-9,14H2,1-5H3. The summed E-state index contributed by atoms with van der Waals surface area (Å²) < 4.78 is 0. The van der Waals surface area contributed by atoms with Crippen LogP contribution in [0.2, 0.25) is 0 Å². The fourth-order valence-corrected chi connectivity index (χ4v) is 2.46. The molecule has 1 aliphatic heterocycles. The third kappa shape index (κ3) is 2.94. The highest BCUT2D eigenvalue weighted by atomic mass is 15.2. The smallest absolute Gasteiger partial charge is 0.00962 e. The van der Waals surface area contributed by atoms with Gasteiger partial charge in [-0.05, 0) is 38.5 Å². The predicted octanol–water partition coefficient (Wildman–Crippen LogP) is 2.62. The zero-order valence-corrected chi connectivity index (χ0v) is 11.1. The SMILES string of the molecule is CCC1CCC(C)N1CC(C)(C)C(C)N. The molecule has 1 fully saturated rings. The van der Waals surface area contributed by atoms with Crippen molar-refractivity contribution in [3.05, 3.63) is 0 Å². The number of nitrogens with zero attached hydrogens (tertiary/aromatic N) is 1. The molecule has 2 N–H and O–H groups in total. The molecule has 0 saturated carbocycles. The average Bonchev–Trinajstić information content (AvgIpc) is 2.47. The molecule has 1 aliphatic rings.